The van der Waals surface area contributed by atoms with Crippen molar-refractivity contribution in [2.75, 3.05) is 32.8 Å². The molecule has 1 heterocycles. The third-order valence-electron chi connectivity index (χ3n) is 3.16. The molecule has 5 nitrogen and oxygen atoms in total. The van der Waals surface area contributed by atoms with E-state index < -0.39 is 5.60 Å². The average Bonchev–Trinajstić information content (AvgIpc) is 2.29. The van der Waals surface area contributed by atoms with Gasteiger partial charge in [0, 0.05) is 32.2 Å². The van der Waals surface area contributed by atoms with Crippen LogP contribution in [0.3, 0.4) is 0 Å². The molecule has 1 rings (SSSR count). The summed E-state index contributed by atoms with van der Waals surface area (Å²) in [7, 11) is 0. The predicted octanol–water partition coefficient (Wildman–Crippen LogP) is 1.31. The highest BCUT2D eigenvalue weighted by Crippen LogP contribution is 2.13. The van der Waals surface area contributed by atoms with Crippen LogP contribution in [0.4, 0.5) is 4.79 Å². The standard InChI is InChI=1S/C13H26N2O3/c1-5-11(10-16)14-6-8-15(9-7-14)12(17)18-13(2,3)4/h11,16H,5-10H2,1-4H3/t11-/m1/s1. The van der Waals surface area contributed by atoms with Crippen LogP contribution in [0.25, 0.3) is 0 Å². The minimum absolute atomic E-state index is 0.183. The largest absolute Gasteiger partial charge is 0.444 e. The molecule has 1 saturated heterocycles. The van der Waals surface area contributed by atoms with Crippen LogP contribution in [-0.2, 0) is 4.74 Å². The minimum atomic E-state index is -0.439. The first-order valence-electron chi connectivity index (χ1n) is 6.70. The zero-order valence-corrected chi connectivity index (χ0v) is 12.0. The molecule has 1 aliphatic rings. The lowest BCUT2D eigenvalue weighted by Crippen LogP contribution is -2.53. The van der Waals surface area contributed by atoms with Gasteiger partial charge >= 0.3 is 6.09 Å². The van der Waals surface area contributed by atoms with Gasteiger partial charge in [0.2, 0.25) is 0 Å². The molecule has 0 saturated carbocycles. The molecule has 0 bridgehead atoms. The lowest BCUT2D eigenvalue weighted by atomic mass is 10.1. The van der Waals surface area contributed by atoms with Crippen molar-refractivity contribution in [3.8, 4) is 0 Å². The highest BCUT2D eigenvalue weighted by molar-refractivity contribution is 5.68. The Balaban J connectivity index is 2.41. The Hall–Kier alpha value is -0.810. The monoisotopic (exact) mass is 258 g/mol. The van der Waals surface area contributed by atoms with Gasteiger partial charge in [-0.3, -0.25) is 4.90 Å². The van der Waals surface area contributed by atoms with Crippen LogP contribution in [0.5, 0.6) is 0 Å². The molecular weight excluding hydrogens is 232 g/mol. The van der Waals surface area contributed by atoms with E-state index in [4.69, 9.17) is 4.74 Å². The number of carbonyl (C=O) groups is 1. The highest BCUT2D eigenvalue weighted by atomic mass is 16.6. The van der Waals surface area contributed by atoms with Gasteiger partial charge in [-0.15, -0.1) is 0 Å². The summed E-state index contributed by atoms with van der Waals surface area (Å²) >= 11 is 0. The first kappa shape index (κ1) is 15.2. The Morgan fingerprint density at radius 1 is 1.28 bits per heavy atom. The third-order valence-corrected chi connectivity index (χ3v) is 3.16. The van der Waals surface area contributed by atoms with Crippen LogP contribution >= 0.6 is 0 Å². The lowest BCUT2D eigenvalue weighted by molar-refractivity contribution is 0.00649. The van der Waals surface area contributed by atoms with Crippen molar-refractivity contribution in [1.29, 1.82) is 0 Å². The second kappa shape index (κ2) is 6.38. The number of amides is 1. The van der Waals surface area contributed by atoms with Crippen LogP contribution in [0.15, 0.2) is 0 Å². The molecule has 106 valence electrons. The normalized spacial score (nSPS) is 19.7. The summed E-state index contributed by atoms with van der Waals surface area (Å²) in [4.78, 5) is 15.8. The topological polar surface area (TPSA) is 53.0 Å². The van der Waals surface area contributed by atoms with Gasteiger partial charge in [0.05, 0.1) is 6.61 Å². The van der Waals surface area contributed by atoms with E-state index in [2.05, 4.69) is 11.8 Å². The predicted molar refractivity (Wildman–Crippen MR) is 70.5 cm³/mol. The van der Waals surface area contributed by atoms with Crippen molar-refractivity contribution >= 4 is 6.09 Å². The molecule has 0 radical (unpaired) electrons. The Labute approximate surface area is 110 Å². The number of aliphatic hydroxyl groups excluding tert-OH is 1. The molecule has 1 atom stereocenters. The summed E-state index contributed by atoms with van der Waals surface area (Å²) in [6.07, 6.45) is 0.697. The Kier molecular flexibility index (Phi) is 5.41. The van der Waals surface area contributed by atoms with Crippen molar-refractivity contribution < 1.29 is 14.6 Å². The Bertz CT molecular complexity index is 264. The van der Waals surface area contributed by atoms with Gasteiger partial charge < -0.3 is 14.7 Å². The van der Waals surface area contributed by atoms with Crippen LogP contribution in [0.2, 0.25) is 0 Å². The fourth-order valence-electron chi connectivity index (χ4n) is 2.10. The molecule has 0 aromatic carbocycles. The molecule has 18 heavy (non-hydrogen) atoms. The van der Waals surface area contributed by atoms with E-state index in [-0.39, 0.29) is 18.7 Å². The van der Waals surface area contributed by atoms with E-state index in [1.165, 1.54) is 0 Å². The van der Waals surface area contributed by atoms with Gasteiger partial charge in [-0.1, -0.05) is 6.92 Å². The maximum Gasteiger partial charge on any atom is 0.410 e. The molecule has 5 heteroatoms. The summed E-state index contributed by atoms with van der Waals surface area (Å²) in [6.45, 7) is 10.8. The quantitative estimate of drug-likeness (QED) is 0.829. The summed E-state index contributed by atoms with van der Waals surface area (Å²) < 4.78 is 5.34. The van der Waals surface area contributed by atoms with Crippen molar-refractivity contribution in [2.45, 2.75) is 45.8 Å². The molecule has 0 aromatic heterocycles. The van der Waals surface area contributed by atoms with Gasteiger partial charge in [-0.2, -0.15) is 0 Å². The van der Waals surface area contributed by atoms with E-state index in [9.17, 15) is 9.90 Å². The van der Waals surface area contributed by atoms with E-state index in [0.29, 0.717) is 13.1 Å². The highest BCUT2D eigenvalue weighted by Gasteiger charge is 2.27. The minimum Gasteiger partial charge on any atom is -0.444 e. The van der Waals surface area contributed by atoms with Crippen LogP contribution in [-0.4, -0.2) is 65.4 Å². The first-order chi connectivity index (χ1) is 8.37. The molecule has 1 N–H and O–H groups in total. The molecule has 1 amide bonds. The summed E-state index contributed by atoms with van der Waals surface area (Å²) in [5, 5.41) is 9.26. The van der Waals surface area contributed by atoms with Gasteiger partial charge in [-0.05, 0) is 27.2 Å². The van der Waals surface area contributed by atoms with Crippen LogP contribution < -0.4 is 0 Å². The van der Waals surface area contributed by atoms with E-state index in [1.807, 2.05) is 20.8 Å². The maximum atomic E-state index is 11.9. The van der Waals surface area contributed by atoms with Gasteiger partial charge in [0.25, 0.3) is 0 Å². The summed E-state index contributed by atoms with van der Waals surface area (Å²) in [5.74, 6) is 0. The number of nitrogens with zero attached hydrogens (tertiary/aromatic N) is 2. The van der Waals surface area contributed by atoms with Crippen LogP contribution in [0, 0.1) is 0 Å². The van der Waals surface area contributed by atoms with Gasteiger partial charge in [-0.25, -0.2) is 4.79 Å². The van der Waals surface area contributed by atoms with E-state index in [0.717, 1.165) is 19.5 Å². The number of rotatable bonds is 3. The molecule has 0 spiro atoms. The third kappa shape index (κ3) is 4.46. The zero-order chi connectivity index (χ0) is 13.8. The molecule has 1 fully saturated rings. The molecule has 0 aliphatic carbocycles. The number of carbonyl (C=O) groups excluding carboxylic acids is 1. The Morgan fingerprint density at radius 3 is 2.22 bits per heavy atom. The fourth-order valence-corrected chi connectivity index (χ4v) is 2.10. The van der Waals surface area contributed by atoms with Gasteiger partial charge in [0.1, 0.15) is 5.60 Å². The number of hydrogen-bond donors (Lipinski definition) is 1. The summed E-state index contributed by atoms with van der Waals surface area (Å²) in [5.41, 5.74) is -0.439. The van der Waals surface area contributed by atoms with Crippen molar-refractivity contribution in [2.24, 2.45) is 0 Å². The molecule has 1 aliphatic heterocycles. The second-order valence-electron chi connectivity index (χ2n) is 5.75. The van der Waals surface area contributed by atoms with Crippen LogP contribution in [0.1, 0.15) is 34.1 Å². The smallest absolute Gasteiger partial charge is 0.410 e. The maximum absolute atomic E-state index is 11.9. The Morgan fingerprint density at radius 2 is 1.83 bits per heavy atom. The van der Waals surface area contributed by atoms with Gasteiger partial charge in [0.15, 0.2) is 0 Å². The summed E-state index contributed by atoms with van der Waals surface area (Å²) in [6, 6.07) is 0.214. The number of ether oxygens (including phenoxy) is 1. The fraction of sp³-hybridized carbons (Fsp3) is 0.923. The number of piperazine rings is 1. The zero-order valence-electron chi connectivity index (χ0n) is 12.0. The van der Waals surface area contributed by atoms with Crippen molar-refractivity contribution in [3.63, 3.8) is 0 Å². The SMILES string of the molecule is CC[C@H](CO)N1CCN(C(=O)OC(C)(C)C)CC1. The second-order valence-corrected chi connectivity index (χ2v) is 5.75. The van der Waals surface area contributed by atoms with E-state index >= 15 is 0 Å². The lowest BCUT2D eigenvalue weighted by Gasteiger charge is -2.38. The average molecular weight is 258 g/mol. The van der Waals surface area contributed by atoms with Crippen molar-refractivity contribution in [3.05, 3.63) is 0 Å². The molecule has 0 aromatic rings. The first-order valence-corrected chi connectivity index (χ1v) is 6.70. The van der Waals surface area contributed by atoms with Crippen molar-refractivity contribution in [1.82, 2.24) is 9.80 Å². The number of hydrogen-bond acceptors (Lipinski definition) is 4. The molecule has 0 unspecified atom stereocenters. The number of aliphatic hydroxyl groups is 1. The molecular formula is C13H26N2O3. The van der Waals surface area contributed by atoms with E-state index in [1.54, 1.807) is 4.90 Å².